The van der Waals surface area contributed by atoms with Gasteiger partial charge in [0.05, 0.1) is 48.0 Å². The first kappa shape index (κ1) is 34.6. The topological polar surface area (TPSA) is 85.8 Å². The molecule has 260 valence electrons. The smallest absolute Gasteiger partial charge is 0.256 e. The first-order chi connectivity index (χ1) is 25.0. The molecule has 0 radical (unpaired) electrons. The number of carbonyl (C=O) groups is 1. The number of hydrogen-bond acceptors (Lipinski definition) is 8. The summed E-state index contributed by atoms with van der Waals surface area (Å²) < 4.78 is 17.8. The lowest BCUT2D eigenvalue weighted by molar-refractivity contribution is 0.102. The van der Waals surface area contributed by atoms with Crippen LogP contribution in [0, 0.1) is 0 Å². The van der Waals surface area contributed by atoms with Crippen molar-refractivity contribution in [2.75, 3.05) is 45.8 Å². The van der Waals surface area contributed by atoms with Crippen LogP contribution >= 0.6 is 23.4 Å². The Balaban J connectivity index is 1.10. The molecule has 0 saturated carbocycles. The molecule has 1 aliphatic rings. The maximum absolute atomic E-state index is 13.8. The van der Waals surface area contributed by atoms with E-state index in [1.165, 1.54) is 32.4 Å². The van der Waals surface area contributed by atoms with Crippen molar-refractivity contribution in [3.63, 3.8) is 0 Å². The van der Waals surface area contributed by atoms with Gasteiger partial charge in [0.25, 0.3) is 5.91 Å². The van der Waals surface area contributed by atoms with Crippen LogP contribution in [0.3, 0.4) is 0 Å². The molecule has 2 aromatic heterocycles. The lowest BCUT2D eigenvalue weighted by Gasteiger charge is -2.26. The highest BCUT2D eigenvalue weighted by Gasteiger charge is 2.18. The molecule has 4 aromatic carbocycles. The second kappa shape index (κ2) is 16.0. The standard InChI is InChI=1S/C41H39ClN4O4S/c1-48-36-25-32-35(26-37(36)50-21-9-20-46-18-7-4-8-19-46)43-17-16-39(32)51-40-15-13-29(23-38(40)49-2)44-41(47)31-24-34(27-10-5-3-6-11-27)45-33-14-12-28(42)22-30(31)33/h3,5-6,10-17,22-26H,4,7-9,18-21H2,1-2H3,(H,44,47). The lowest BCUT2D eigenvalue weighted by atomic mass is 10.0. The van der Waals surface area contributed by atoms with Gasteiger partial charge in [0.15, 0.2) is 11.5 Å². The van der Waals surface area contributed by atoms with Crippen molar-refractivity contribution in [3.8, 4) is 28.5 Å². The number of anilines is 1. The van der Waals surface area contributed by atoms with Gasteiger partial charge in [0.2, 0.25) is 0 Å². The molecule has 8 nitrogen and oxygen atoms in total. The second-order valence-corrected chi connectivity index (χ2v) is 14.0. The molecule has 0 unspecified atom stereocenters. The summed E-state index contributed by atoms with van der Waals surface area (Å²) in [6.45, 7) is 4.02. The molecule has 6 aromatic rings. The summed E-state index contributed by atoms with van der Waals surface area (Å²) in [5.41, 5.74) is 4.18. The number of rotatable bonds is 12. The fraction of sp³-hybridized carbons (Fsp3) is 0.244. The van der Waals surface area contributed by atoms with E-state index in [1.807, 2.05) is 72.8 Å². The second-order valence-electron chi connectivity index (χ2n) is 12.4. The molecule has 0 atom stereocenters. The fourth-order valence-electron chi connectivity index (χ4n) is 6.43. The largest absolute Gasteiger partial charge is 0.495 e. The van der Waals surface area contributed by atoms with Gasteiger partial charge in [-0.05, 0) is 80.9 Å². The summed E-state index contributed by atoms with van der Waals surface area (Å²) >= 11 is 7.91. The van der Waals surface area contributed by atoms with E-state index in [0.29, 0.717) is 56.7 Å². The van der Waals surface area contributed by atoms with Crippen LogP contribution in [0.15, 0.2) is 107 Å². The number of halogens is 1. The van der Waals surface area contributed by atoms with Gasteiger partial charge < -0.3 is 24.4 Å². The minimum Gasteiger partial charge on any atom is -0.495 e. The Kier molecular flexibility index (Phi) is 10.9. The summed E-state index contributed by atoms with van der Waals surface area (Å²) in [6, 6.07) is 28.5. The third kappa shape index (κ3) is 8.06. The van der Waals surface area contributed by atoms with Gasteiger partial charge in [-0.25, -0.2) is 4.98 Å². The van der Waals surface area contributed by atoms with E-state index < -0.39 is 0 Å². The summed E-state index contributed by atoms with van der Waals surface area (Å²) in [6.07, 6.45) is 6.67. The predicted molar refractivity (Wildman–Crippen MR) is 206 cm³/mol. The molecule has 10 heteroatoms. The lowest BCUT2D eigenvalue weighted by Crippen LogP contribution is -2.31. The van der Waals surface area contributed by atoms with E-state index in [2.05, 4.69) is 15.2 Å². The number of hydrogen-bond donors (Lipinski definition) is 1. The summed E-state index contributed by atoms with van der Waals surface area (Å²) in [5, 5.41) is 5.20. The van der Waals surface area contributed by atoms with E-state index in [0.717, 1.165) is 39.2 Å². The zero-order valence-corrected chi connectivity index (χ0v) is 30.2. The minimum absolute atomic E-state index is 0.277. The third-order valence-electron chi connectivity index (χ3n) is 9.04. The molecule has 7 rings (SSSR count). The van der Waals surface area contributed by atoms with E-state index in [-0.39, 0.29) is 5.91 Å². The van der Waals surface area contributed by atoms with E-state index in [9.17, 15) is 4.79 Å². The number of amides is 1. The monoisotopic (exact) mass is 718 g/mol. The Morgan fingerprint density at radius 2 is 1.65 bits per heavy atom. The highest BCUT2D eigenvalue weighted by atomic mass is 35.5. The highest BCUT2D eigenvalue weighted by molar-refractivity contribution is 7.99. The molecule has 51 heavy (non-hydrogen) atoms. The molecular formula is C41H39ClN4O4S. The first-order valence-electron chi connectivity index (χ1n) is 17.1. The third-order valence-corrected chi connectivity index (χ3v) is 10.4. The molecule has 1 fully saturated rings. The number of methoxy groups -OCH3 is 2. The summed E-state index contributed by atoms with van der Waals surface area (Å²) in [4.78, 5) is 27.7. The van der Waals surface area contributed by atoms with Crippen LogP contribution in [0.1, 0.15) is 36.0 Å². The van der Waals surface area contributed by atoms with E-state index in [4.69, 9.17) is 30.8 Å². The van der Waals surface area contributed by atoms with E-state index >= 15 is 0 Å². The van der Waals surface area contributed by atoms with Crippen LogP contribution in [0.2, 0.25) is 5.02 Å². The number of likely N-dealkylation sites (tertiary alicyclic amines) is 1. The Bertz CT molecular complexity index is 2180. The summed E-state index contributed by atoms with van der Waals surface area (Å²) in [7, 11) is 3.28. The zero-order valence-electron chi connectivity index (χ0n) is 28.7. The van der Waals surface area contributed by atoms with Gasteiger partial charge in [-0.2, -0.15) is 0 Å². The number of piperidine rings is 1. The van der Waals surface area contributed by atoms with Crippen molar-refractivity contribution in [1.82, 2.24) is 14.9 Å². The van der Waals surface area contributed by atoms with Crippen LogP contribution < -0.4 is 19.5 Å². The average Bonchev–Trinajstić information content (AvgIpc) is 3.17. The Morgan fingerprint density at radius 3 is 2.45 bits per heavy atom. The molecule has 0 spiro atoms. The van der Waals surface area contributed by atoms with Crippen molar-refractivity contribution in [1.29, 1.82) is 0 Å². The van der Waals surface area contributed by atoms with Gasteiger partial charge in [-0.3, -0.25) is 9.78 Å². The summed E-state index contributed by atoms with van der Waals surface area (Å²) in [5.74, 6) is 1.70. The average molecular weight is 719 g/mol. The number of fused-ring (bicyclic) bond motifs is 2. The minimum atomic E-state index is -0.277. The van der Waals surface area contributed by atoms with Gasteiger partial charge in [0.1, 0.15) is 5.75 Å². The highest BCUT2D eigenvalue weighted by Crippen LogP contribution is 2.42. The Labute approximate surface area is 307 Å². The van der Waals surface area contributed by atoms with Crippen LogP contribution in [0.5, 0.6) is 17.2 Å². The van der Waals surface area contributed by atoms with Crippen molar-refractivity contribution in [3.05, 3.63) is 108 Å². The maximum atomic E-state index is 13.8. The van der Waals surface area contributed by atoms with Crippen LogP contribution in [0.4, 0.5) is 5.69 Å². The Morgan fingerprint density at radius 1 is 0.824 bits per heavy atom. The van der Waals surface area contributed by atoms with Crippen molar-refractivity contribution in [2.45, 2.75) is 35.5 Å². The number of aromatic nitrogens is 2. The molecule has 3 heterocycles. The first-order valence-corrected chi connectivity index (χ1v) is 18.3. The maximum Gasteiger partial charge on any atom is 0.256 e. The number of benzene rings is 4. The van der Waals surface area contributed by atoms with Crippen molar-refractivity contribution >= 4 is 56.8 Å². The number of nitrogens with one attached hydrogen (secondary N) is 1. The molecule has 1 aliphatic heterocycles. The van der Waals surface area contributed by atoms with Gasteiger partial charge in [-0.1, -0.05) is 60.1 Å². The SMILES string of the molecule is COc1cc2c(Sc3ccc(NC(=O)c4cc(-c5ccccc5)nc5ccc(Cl)cc45)cc3OC)ccnc2cc1OCCCN1CCCCC1. The fourth-order valence-corrected chi connectivity index (χ4v) is 7.62. The molecule has 0 bridgehead atoms. The van der Waals surface area contributed by atoms with Gasteiger partial charge in [-0.15, -0.1) is 0 Å². The van der Waals surface area contributed by atoms with Crippen LogP contribution in [-0.4, -0.2) is 61.2 Å². The predicted octanol–water partition coefficient (Wildman–Crippen LogP) is 9.78. The molecule has 1 N–H and O–H groups in total. The Hall–Kier alpha value is -4.83. The van der Waals surface area contributed by atoms with E-state index in [1.54, 1.807) is 50.4 Å². The normalized spacial score (nSPS) is 13.3. The molecule has 1 amide bonds. The molecular weight excluding hydrogens is 680 g/mol. The number of nitrogens with zero attached hydrogens (tertiary/aromatic N) is 3. The van der Waals surface area contributed by atoms with Gasteiger partial charge >= 0.3 is 0 Å². The van der Waals surface area contributed by atoms with Crippen molar-refractivity contribution < 1.29 is 19.0 Å². The number of ether oxygens (including phenoxy) is 3. The quantitative estimate of drug-likeness (QED) is 0.125. The van der Waals surface area contributed by atoms with Gasteiger partial charge in [0, 0.05) is 56.8 Å². The molecule has 0 aliphatic carbocycles. The molecule has 1 saturated heterocycles. The number of carbonyl (C=O) groups excluding carboxylic acids is 1. The van der Waals surface area contributed by atoms with Crippen LogP contribution in [-0.2, 0) is 0 Å². The van der Waals surface area contributed by atoms with Crippen LogP contribution in [0.25, 0.3) is 33.1 Å². The zero-order chi connectivity index (χ0) is 35.2. The van der Waals surface area contributed by atoms with Crippen molar-refractivity contribution in [2.24, 2.45) is 0 Å². The number of pyridine rings is 2.